The highest BCUT2D eigenvalue weighted by molar-refractivity contribution is 5.97. The summed E-state index contributed by atoms with van der Waals surface area (Å²) >= 11 is 0. The highest BCUT2D eigenvalue weighted by Gasteiger charge is 2.38. The van der Waals surface area contributed by atoms with Crippen molar-refractivity contribution in [3.05, 3.63) is 62.3 Å². The zero-order valence-corrected chi connectivity index (χ0v) is 17.8. The van der Waals surface area contributed by atoms with E-state index in [-0.39, 0.29) is 17.3 Å². The van der Waals surface area contributed by atoms with Crippen molar-refractivity contribution in [3.63, 3.8) is 0 Å². The van der Waals surface area contributed by atoms with Gasteiger partial charge in [0.25, 0.3) is 11.5 Å². The van der Waals surface area contributed by atoms with E-state index in [1.165, 1.54) is 10.8 Å². The Bertz CT molecular complexity index is 1270. The van der Waals surface area contributed by atoms with Gasteiger partial charge in [-0.3, -0.25) is 19.1 Å². The highest BCUT2D eigenvalue weighted by Crippen LogP contribution is 2.47. The number of aromatic nitrogens is 3. The first-order chi connectivity index (χ1) is 15.0. The molecule has 2 atom stereocenters. The summed E-state index contributed by atoms with van der Waals surface area (Å²) in [5.41, 5.74) is -0.362. The van der Waals surface area contributed by atoms with Gasteiger partial charge in [-0.1, -0.05) is 13.8 Å². The van der Waals surface area contributed by atoms with Gasteiger partial charge in [-0.05, 0) is 49.8 Å². The second-order valence-corrected chi connectivity index (χ2v) is 8.79. The largest absolute Gasteiger partial charge is 0.464 e. The second-order valence-electron chi connectivity index (χ2n) is 8.79. The van der Waals surface area contributed by atoms with Crippen LogP contribution in [0.25, 0.3) is 11.0 Å². The van der Waals surface area contributed by atoms with Crippen LogP contribution < -0.4 is 11.2 Å². The van der Waals surface area contributed by atoms with Gasteiger partial charge in [0.1, 0.15) is 17.2 Å². The number of nitrogens with one attached hydrogen (secondary N) is 1. The van der Waals surface area contributed by atoms with E-state index >= 15 is 0 Å². The summed E-state index contributed by atoms with van der Waals surface area (Å²) in [6.07, 6.45) is 5.25. The Balaban J connectivity index is 1.45. The lowest BCUT2D eigenvalue weighted by molar-refractivity contribution is 0.0716. The molecule has 0 radical (unpaired) electrons. The van der Waals surface area contributed by atoms with Crippen molar-refractivity contribution >= 4 is 16.9 Å². The molecular formula is C23H26N4O4. The van der Waals surface area contributed by atoms with Gasteiger partial charge in [0.2, 0.25) is 0 Å². The van der Waals surface area contributed by atoms with Crippen LogP contribution in [-0.2, 0) is 13.1 Å². The van der Waals surface area contributed by atoms with Crippen LogP contribution in [0.3, 0.4) is 0 Å². The van der Waals surface area contributed by atoms with E-state index in [1.54, 1.807) is 11.0 Å². The first-order valence-electron chi connectivity index (χ1n) is 11.0. The molecule has 0 bridgehead atoms. The lowest BCUT2D eigenvalue weighted by atomic mass is 10.2. The molecule has 5 rings (SSSR count). The molecular weight excluding hydrogens is 396 g/mol. The van der Waals surface area contributed by atoms with Crippen LogP contribution in [0.2, 0.25) is 0 Å². The van der Waals surface area contributed by atoms with Gasteiger partial charge in [-0.25, -0.2) is 9.78 Å². The normalized spacial score (nSPS) is 20.2. The molecule has 8 nitrogen and oxygen atoms in total. The monoisotopic (exact) mass is 422 g/mol. The maximum Gasteiger partial charge on any atom is 0.329 e. The summed E-state index contributed by atoms with van der Waals surface area (Å²) < 4.78 is 7.45. The molecule has 1 amide bonds. The predicted octanol–water partition coefficient (Wildman–Crippen LogP) is 3.02. The Morgan fingerprint density at radius 3 is 2.77 bits per heavy atom. The number of aryl methyl sites for hydroxylation is 1. The minimum Gasteiger partial charge on any atom is -0.464 e. The Morgan fingerprint density at radius 2 is 2.10 bits per heavy atom. The van der Waals surface area contributed by atoms with Crippen molar-refractivity contribution in [2.24, 2.45) is 5.92 Å². The molecule has 8 heteroatoms. The maximum atomic E-state index is 13.3. The van der Waals surface area contributed by atoms with Crippen LogP contribution in [0.4, 0.5) is 0 Å². The van der Waals surface area contributed by atoms with Crippen LogP contribution >= 0.6 is 0 Å². The SMILES string of the molecule is CCCn1c(=O)[nH]c(=O)c2cc(C(=O)N(Cc3ccc(C4CC4C)o3)C3CC3)cnc21. The van der Waals surface area contributed by atoms with E-state index in [4.69, 9.17) is 4.42 Å². The zero-order chi connectivity index (χ0) is 21.7. The average Bonchev–Trinajstić information content (AvgIpc) is 3.68. The first-order valence-corrected chi connectivity index (χ1v) is 11.0. The molecule has 3 aromatic rings. The number of carbonyl (C=O) groups excluding carboxylic acids is 1. The van der Waals surface area contributed by atoms with Crippen molar-refractivity contribution in [1.29, 1.82) is 0 Å². The molecule has 2 aliphatic rings. The zero-order valence-electron chi connectivity index (χ0n) is 17.8. The Kier molecular flexibility index (Phi) is 4.79. The van der Waals surface area contributed by atoms with Crippen molar-refractivity contribution in [2.75, 3.05) is 0 Å². The Hall–Kier alpha value is -3.16. The fourth-order valence-electron chi connectivity index (χ4n) is 4.20. The average molecular weight is 422 g/mol. The molecule has 0 aliphatic heterocycles. The lowest BCUT2D eigenvalue weighted by Gasteiger charge is -2.21. The molecule has 2 unspecified atom stereocenters. The van der Waals surface area contributed by atoms with Gasteiger partial charge in [-0.15, -0.1) is 0 Å². The minimum atomic E-state index is -0.526. The summed E-state index contributed by atoms with van der Waals surface area (Å²) in [5, 5.41) is 0.248. The fourth-order valence-corrected chi connectivity index (χ4v) is 4.20. The number of aromatic amines is 1. The number of fused-ring (bicyclic) bond motifs is 1. The lowest BCUT2D eigenvalue weighted by Crippen LogP contribution is -2.34. The third-order valence-electron chi connectivity index (χ3n) is 6.26. The summed E-state index contributed by atoms with van der Waals surface area (Å²) in [5.74, 6) is 2.75. The number of carbonyl (C=O) groups is 1. The molecule has 0 saturated heterocycles. The van der Waals surface area contributed by atoms with Crippen molar-refractivity contribution in [1.82, 2.24) is 19.4 Å². The van der Waals surface area contributed by atoms with Gasteiger partial charge in [0, 0.05) is 24.7 Å². The Morgan fingerprint density at radius 1 is 1.32 bits per heavy atom. The van der Waals surface area contributed by atoms with Crippen LogP contribution in [0.1, 0.15) is 67.3 Å². The standard InChI is InChI=1S/C23H26N4O4/c1-3-8-26-20-18(21(28)25-23(26)30)10-14(11-24-20)22(29)27(15-4-5-15)12-16-6-7-19(31-16)17-9-13(17)2/h6-7,10-11,13,15,17H,3-5,8-9,12H2,1-2H3,(H,25,28,30). The number of hydrogen-bond donors (Lipinski definition) is 1. The molecule has 3 heterocycles. The molecule has 3 aromatic heterocycles. The molecule has 0 spiro atoms. The molecule has 162 valence electrons. The van der Waals surface area contributed by atoms with Crippen molar-refractivity contribution < 1.29 is 9.21 Å². The molecule has 2 aliphatic carbocycles. The van der Waals surface area contributed by atoms with Crippen LogP contribution in [-0.4, -0.2) is 31.4 Å². The van der Waals surface area contributed by atoms with Gasteiger partial charge < -0.3 is 9.32 Å². The first kappa shape index (κ1) is 19.8. The quantitative estimate of drug-likeness (QED) is 0.631. The second kappa shape index (κ2) is 7.51. The molecule has 2 fully saturated rings. The molecule has 1 N–H and O–H groups in total. The van der Waals surface area contributed by atoms with Crippen molar-refractivity contribution in [3.8, 4) is 0 Å². The molecule has 31 heavy (non-hydrogen) atoms. The smallest absolute Gasteiger partial charge is 0.329 e. The van der Waals surface area contributed by atoms with E-state index in [0.29, 0.717) is 36.1 Å². The third kappa shape index (κ3) is 3.71. The minimum absolute atomic E-state index is 0.170. The summed E-state index contributed by atoms with van der Waals surface area (Å²) in [6, 6.07) is 5.69. The summed E-state index contributed by atoms with van der Waals surface area (Å²) in [4.78, 5) is 46.3. The summed E-state index contributed by atoms with van der Waals surface area (Å²) in [6.45, 7) is 5.00. The highest BCUT2D eigenvalue weighted by atomic mass is 16.3. The van der Waals surface area contributed by atoms with Crippen LogP contribution in [0.15, 0.2) is 38.4 Å². The van der Waals surface area contributed by atoms with Gasteiger partial charge in [0.15, 0.2) is 0 Å². The number of pyridine rings is 1. The van der Waals surface area contributed by atoms with E-state index < -0.39 is 11.2 Å². The number of H-pyrrole nitrogens is 1. The molecule has 2 saturated carbocycles. The van der Waals surface area contributed by atoms with E-state index in [2.05, 4.69) is 16.9 Å². The number of furan rings is 1. The number of nitrogens with zero attached hydrogens (tertiary/aromatic N) is 3. The summed E-state index contributed by atoms with van der Waals surface area (Å²) in [7, 11) is 0. The van der Waals surface area contributed by atoms with Gasteiger partial charge in [-0.2, -0.15) is 0 Å². The van der Waals surface area contributed by atoms with E-state index in [9.17, 15) is 14.4 Å². The van der Waals surface area contributed by atoms with E-state index in [1.807, 2.05) is 19.1 Å². The number of rotatable bonds is 7. The number of hydrogen-bond acceptors (Lipinski definition) is 5. The number of amides is 1. The topological polar surface area (TPSA) is 101 Å². The maximum absolute atomic E-state index is 13.3. The van der Waals surface area contributed by atoms with E-state index in [0.717, 1.165) is 37.2 Å². The van der Waals surface area contributed by atoms with Crippen LogP contribution in [0.5, 0.6) is 0 Å². The molecule has 0 aromatic carbocycles. The van der Waals surface area contributed by atoms with Gasteiger partial charge in [0.05, 0.1) is 17.5 Å². The van der Waals surface area contributed by atoms with Crippen LogP contribution in [0, 0.1) is 5.92 Å². The van der Waals surface area contributed by atoms with Crippen molar-refractivity contribution in [2.45, 2.75) is 64.6 Å². The predicted molar refractivity (Wildman–Crippen MR) is 115 cm³/mol. The fraction of sp³-hybridized carbons (Fsp3) is 0.478. The Labute approximate surface area is 178 Å². The third-order valence-corrected chi connectivity index (χ3v) is 6.26. The van der Waals surface area contributed by atoms with Gasteiger partial charge >= 0.3 is 5.69 Å².